The molecule has 4 rings (SSSR count). The van der Waals surface area contributed by atoms with Crippen LogP contribution in [0.15, 0.2) is 53.4 Å². The predicted octanol–water partition coefficient (Wildman–Crippen LogP) is 2.87. The molecular weight excluding hydrogens is 268 g/mol. The van der Waals surface area contributed by atoms with E-state index in [-0.39, 0.29) is 5.91 Å². The summed E-state index contributed by atoms with van der Waals surface area (Å²) < 4.78 is 11.0. The summed E-state index contributed by atoms with van der Waals surface area (Å²) in [6.07, 6.45) is 4.81. The molecule has 104 valence electrons. The van der Waals surface area contributed by atoms with Gasteiger partial charge in [0.15, 0.2) is 0 Å². The van der Waals surface area contributed by atoms with Crippen LogP contribution in [0.25, 0.3) is 11.0 Å². The standard InChI is InChI=1S/C16H12N2O3/c19-16(12-10-21-14-4-2-1-3-11(12)14)18-7-8-20-15-5-6-17-9-13(15)18/h1-6,9-10H,7-8H2. The Balaban J connectivity index is 1.79. The average molecular weight is 280 g/mol. The van der Waals surface area contributed by atoms with Gasteiger partial charge in [-0.25, -0.2) is 0 Å². The van der Waals surface area contributed by atoms with Crippen LogP contribution in [-0.2, 0) is 0 Å². The van der Waals surface area contributed by atoms with E-state index in [4.69, 9.17) is 9.15 Å². The Kier molecular flexibility index (Phi) is 2.64. The monoisotopic (exact) mass is 280 g/mol. The highest BCUT2D eigenvalue weighted by molar-refractivity contribution is 6.14. The number of carbonyl (C=O) groups is 1. The van der Waals surface area contributed by atoms with Crippen molar-refractivity contribution in [3.8, 4) is 5.75 Å². The minimum absolute atomic E-state index is 0.0995. The average Bonchev–Trinajstić information content (AvgIpc) is 2.98. The fraction of sp³-hybridized carbons (Fsp3) is 0.125. The molecule has 0 bridgehead atoms. The van der Waals surface area contributed by atoms with Crippen molar-refractivity contribution in [1.82, 2.24) is 4.98 Å². The number of anilines is 1. The number of hydrogen-bond acceptors (Lipinski definition) is 4. The minimum atomic E-state index is -0.0995. The van der Waals surface area contributed by atoms with Crippen LogP contribution >= 0.6 is 0 Å². The molecule has 3 aromatic rings. The number of nitrogens with zero attached hydrogens (tertiary/aromatic N) is 2. The molecule has 1 aliphatic rings. The lowest BCUT2D eigenvalue weighted by Crippen LogP contribution is -2.37. The van der Waals surface area contributed by atoms with Crippen molar-refractivity contribution in [2.75, 3.05) is 18.1 Å². The Labute approximate surface area is 120 Å². The number of fused-ring (bicyclic) bond motifs is 2. The van der Waals surface area contributed by atoms with Crippen molar-refractivity contribution >= 4 is 22.6 Å². The molecule has 0 spiro atoms. The number of aromatic nitrogens is 1. The zero-order chi connectivity index (χ0) is 14.2. The van der Waals surface area contributed by atoms with E-state index in [0.29, 0.717) is 35.7 Å². The van der Waals surface area contributed by atoms with E-state index in [1.54, 1.807) is 23.4 Å². The molecule has 21 heavy (non-hydrogen) atoms. The topological polar surface area (TPSA) is 55.6 Å². The quantitative estimate of drug-likeness (QED) is 0.687. The van der Waals surface area contributed by atoms with Gasteiger partial charge in [-0.15, -0.1) is 0 Å². The third-order valence-electron chi connectivity index (χ3n) is 3.58. The third-order valence-corrected chi connectivity index (χ3v) is 3.58. The van der Waals surface area contributed by atoms with Crippen molar-refractivity contribution in [2.45, 2.75) is 0 Å². The van der Waals surface area contributed by atoms with Gasteiger partial charge in [-0.1, -0.05) is 18.2 Å². The van der Waals surface area contributed by atoms with Crippen molar-refractivity contribution in [3.63, 3.8) is 0 Å². The van der Waals surface area contributed by atoms with Crippen LogP contribution in [0.2, 0.25) is 0 Å². The van der Waals surface area contributed by atoms with Gasteiger partial charge in [0.1, 0.15) is 29.9 Å². The molecule has 2 aromatic heterocycles. The Morgan fingerprint density at radius 2 is 2.14 bits per heavy atom. The number of carbonyl (C=O) groups excluding carboxylic acids is 1. The first-order valence-corrected chi connectivity index (χ1v) is 6.69. The van der Waals surface area contributed by atoms with Crippen molar-refractivity contribution in [2.24, 2.45) is 0 Å². The molecule has 0 radical (unpaired) electrons. The lowest BCUT2D eigenvalue weighted by Gasteiger charge is -2.28. The second kappa shape index (κ2) is 4.63. The predicted molar refractivity (Wildman–Crippen MR) is 77.6 cm³/mol. The Morgan fingerprint density at radius 1 is 1.24 bits per heavy atom. The van der Waals surface area contributed by atoms with E-state index in [0.717, 1.165) is 5.39 Å². The van der Waals surface area contributed by atoms with E-state index in [9.17, 15) is 4.79 Å². The molecule has 0 unspecified atom stereocenters. The second-order valence-corrected chi connectivity index (χ2v) is 4.79. The zero-order valence-electron chi connectivity index (χ0n) is 11.2. The van der Waals surface area contributed by atoms with Crippen LogP contribution in [0.4, 0.5) is 5.69 Å². The Bertz CT molecular complexity index is 825. The van der Waals surface area contributed by atoms with Crippen molar-refractivity contribution in [1.29, 1.82) is 0 Å². The molecule has 5 nitrogen and oxygen atoms in total. The van der Waals surface area contributed by atoms with Crippen LogP contribution in [-0.4, -0.2) is 24.0 Å². The lowest BCUT2D eigenvalue weighted by atomic mass is 10.1. The van der Waals surface area contributed by atoms with Gasteiger partial charge in [0.25, 0.3) is 5.91 Å². The summed E-state index contributed by atoms with van der Waals surface area (Å²) in [4.78, 5) is 18.6. The van der Waals surface area contributed by atoms with Crippen molar-refractivity contribution in [3.05, 3.63) is 54.6 Å². The first-order valence-electron chi connectivity index (χ1n) is 6.69. The third kappa shape index (κ3) is 1.86. The van der Waals surface area contributed by atoms with Gasteiger partial charge in [0.2, 0.25) is 0 Å². The lowest BCUT2D eigenvalue weighted by molar-refractivity contribution is 0.0977. The number of ether oxygens (including phenoxy) is 1. The van der Waals surface area contributed by atoms with Crippen molar-refractivity contribution < 1.29 is 13.9 Å². The van der Waals surface area contributed by atoms with E-state index >= 15 is 0 Å². The molecule has 3 heterocycles. The largest absolute Gasteiger partial charge is 0.489 e. The summed E-state index contributed by atoms with van der Waals surface area (Å²) in [7, 11) is 0. The number of furan rings is 1. The molecule has 1 amide bonds. The minimum Gasteiger partial charge on any atom is -0.489 e. The van der Waals surface area contributed by atoms with Gasteiger partial charge in [-0.2, -0.15) is 0 Å². The molecule has 5 heteroatoms. The Morgan fingerprint density at radius 3 is 3.10 bits per heavy atom. The molecular formula is C16H12N2O3. The van der Waals surface area contributed by atoms with Gasteiger partial charge < -0.3 is 14.1 Å². The number of pyridine rings is 1. The van der Waals surface area contributed by atoms with Gasteiger partial charge >= 0.3 is 0 Å². The van der Waals surface area contributed by atoms with Crippen LogP contribution < -0.4 is 9.64 Å². The van der Waals surface area contributed by atoms with Gasteiger partial charge in [0, 0.05) is 17.6 Å². The SMILES string of the molecule is O=C(c1coc2ccccc12)N1CCOc2ccncc21. The summed E-state index contributed by atoms with van der Waals surface area (Å²) in [5.74, 6) is 0.579. The van der Waals surface area contributed by atoms with E-state index < -0.39 is 0 Å². The summed E-state index contributed by atoms with van der Waals surface area (Å²) in [6.45, 7) is 0.968. The Hall–Kier alpha value is -2.82. The van der Waals surface area contributed by atoms with Gasteiger partial charge in [-0.3, -0.25) is 9.78 Å². The summed E-state index contributed by atoms with van der Waals surface area (Å²) in [5, 5.41) is 0.819. The molecule has 0 aliphatic carbocycles. The summed E-state index contributed by atoms with van der Waals surface area (Å²) >= 11 is 0. The number of amides is 1. The molecule has 0 N–H and O–H groups in total. The maximum absolute atomic E-state index is 12.8. The van der Waals surface area contributed by atoms with Crippen LogP contribution in [0, 0.1) is 0 Å². The van der Waals surface area contributed by atoms with Crippen LogP contribution in [0.3, 0.4) is 0 Å². The maximum atomic E-state index is 12.8. The molecule has 1 aliphatic heterocycles. The molecule has 0 atom stereocenters. The number of rotatable bonds is 1. The highest BCUT2D eigenvalue weighted by Crippen LogP contribution is 2.32. The first kappa shape index (κ1) is 12.0. The smallest absolute Gasteiger partial charge is 0.262 e. The van der Waals surface area contributed by atoms with E-state index in [1.165, 1.54) is 6.26 Å². The molecule has 0 saturated heterocycles. The molecule has 0 fully saturated rings. The van der Waals surface area contributed by atoms with E-state index in [1.807, 2.05) is 24.3 Å². The number of benzene rings is 1. The first-order chi connectivity index (χ1) is 10.3. The fourth-order valence-electron chi connectivity index (χ4n) is 2.57. The van der Waals surface area contributed by atoms with Crippen LogP contribution in [0.5, 0.6) is 5.75 Å². The summed E-state index contributed by atoms with van der Waals surface area (Å²) in [5.41, 5.74) is 1.96. The van der Waals surface area contributed by atoms with Crippen LogP contribution in [0.1, 0.15) is 10.4 Å². The maximum Gasteiger partial charge on any atom is 0.262 e. The van der Waals surface area contributed by atoms with Gasteiger partial charge in [0.05, 0.1) is 18.3 Å². The molecule has 0 saturated carbocycles. The highest BCUT2D eigenvalue weighted by Gasteiger charge is 2.26. The van der Waals surface area contributed by atoms with E-state index in [2.05, 4.69) is 4.98 Å². The zero-order valence-corrected chi connectivity index (χ0v) is 11.2. The molecule has 1 aromatic carbocycles. The number of hydrogen-bond donors (Lipinski definition) is 0. The normalized spacial score (nSPS) is 13.8. The second-order valence-electron chi connectivity index (χ2n) is 4.79. The fourth-order valence-corrected chi connectivity index (χ4v) is 2.57. The summed E-state index contributed by atoms with van der Waals surface area (Å²) in [6, 6.07) is 9.28. The highest BCUT2D eigenvalue weighted by atomic mass is 16.5. The number of para-hydroxylation sites is 1. The van der Waals surface area contributed by atoms with Gasteiger partial charge in [-0.05, 0) is 6.07 Å².